The van der Waals surface area contributed by atoms with E-state index in [1.54, 1.807) is 25.9 Å². The Hall–Kier alpha value is -2.65. The monoisotopic (exact) mass is 500 g/mol. The molecule has 1 saturated heterocycles. The zero-order valence-corrected chi connectivity index (χ0v) is 22.0. The number of amides is 2. The van der Waals surface area contributed by atoms with Crippen LogP contribution in [0.2, 0.25) is 0 Å². The fraction of sp³-hybridized carbons (Fsp3) is 0.667. The number of aliphatic hydroxyl groups excluding tert-OH is 1. The lowest BCUT2D eigenvalue weighted by molar-refractivity contribution is -0.134. The highest BCUT2D eigenvalue weighted by Crippen LogP contribution is 2.47. The van der Waals surface area contributed by atoms with Gasteiger partial charge in [0.15, 0.2) is 5.96 Å². The number of carbonyl (C=O) groups is 2. The van der Waals surface area contributed by atoms with Gasteiger partial charge in [0.25, 0.3) is 0 Å². The first-order valence-electron chi connectivity index (χ1n) is 13.0. The molecule has 1 aliphatic carbocycles. The average Bonchev–Trinajstić information content (AvgIpc) is 3.64. The van der Waals surface area contributed by atoms with Crippen molar-refractivity contribution >= 4 is 17.8 Å². The van der Waals surface area contributed by atoms with Gasteiger partial charge in [-0.05, 0) is 51.5 Å². The predicted molar refractivity (Wildman–Crippen MR) is 136 cm³/mol. The van der Waals surface area contributed by atoms with Gasteiger partial charge < -0.3 is 25.2 Å². The molecule has 198 valence electrons. The lowest BCUT2D eigenvalue weighted by Gasteiger charge is -2.45. The quantitative estimate of drug-likeness (QED) is 0.413. The fourth-order valence-electron chi connectivity index (χ4n) is 5.76. The lowest BCUT2D eigenvalue weighted by atomic mass is 9.86. The molecular weight excluding hydrogens is 460 g/mol. The third-order valence-corrected chi connectivity index (χ3v) is 8.31. The second-order valence-electron chi connectivity index (χ2n) is 10.9. The highest BCUT2D eigenvalue weighted by atomic mass is 16.5. The first-order valence-corrected chi connectivity index (χ1v) is 13.0. The molecule has 0 unspecified atom stereocenters. The second kappa shape index (κ2) is 10.0. The summed E-state index contributed by atoms with van der Waals surface area (Å²) in [6.07, 6.45) is 2.09. The zero-order chi connectivity index (χ0) is 26.3. The predicted octanol–water partition coefficient (Wildman–Crippen LogP) is 2.73. The topological polar surface area (TPSA) is 124 Å². The van der Waals surface area contributed by atoms with Crippen molar-refractivity contribution < 1.29 is 24.2 Å². The van der Waals surface area contributed by atoms with Crippen molar-refractivity contribution in [3.05, 3.63) is 29.8 Å². The summed E-state index contributed by atoms with van der Waals surface area (Å²) in [4.78, 5) is 28.2. The molecule has 9 nitrogen and oxygen atoms in total. The van der Waals surface area contributed by atoms with Gasteiger partial charge >= 0.3 is 0 Å². The summed E-state index contributed by atoms with van der Waals surface area (Å²) >= 11 is 0. The van der Waals surface area contributed by atoms with Crippen LogP contribution in [0, 0.1) is 17.2 Å². The van der Waals surface area contributed by atoms with Crippen LogP contribution in [0.5, 0.6) is 5.75 Å². The van der Waals surface area contributed by atoms with E-state index in [0.717, 1.165) is 18.4 Å². The van der Waals surface area contributed by atoms with Crippen LogP contribution in [0.3, 0.4) is 0 Å². The highest BCUT2D eigenvalue weighted by molar-refractivity contribution is 5.99. The SMILES string of the molecule is CCC1(CC)CC(=O)N([C@H](CCOC)[C@@H]2C[C@H]2C(=O)N[C@H]2c3ccccc3OC(C)(C)[C@@H]2O)C(=N)N1. The number of hydrogen-bond acceptors (Lipinski definition) is 6. The summed E-state index contributed by atoms with van der Waals surface area (Å²) in [6, 6.07) is 6.53. The maximum absolute atomic E-state index is 13.4. The largest absolute Gasteiger partial charge is 0.485 e. The number of nitrogens with one attached hydrogen (secondary N) is 3. The summed E-state index contributed by atoms with van der Waals surface area (Å²) in [5.41, 5.74) is -0.503. The van der Waals surface area contributed by atoms with E-state index in [2.05, 4.69) is 10.6 Å². The Morgan fingerprint density at radius 2 is 2.03 bits per heavy atom. The zero-order valence-electron chi connectivity index (χ0n) is 22.0. The number of nitrogens with zero attached hydrogens (tertiary/aromatic N) is 1. The van der Waals surface area contributed by atoms with E-state index in [4.69, 9.17) is 14.9 Å². The van der Waals surface area contributed by atoms with Crippen molar-refractivity contribution in [1.29, 1.82) is 5.41 Å². The third-order valence-electron chi connectivity index (χ3n) is 8.31. The third kappa shape index (κ3) is 4.83. The molecule has 1 saturated carbocycles. The van der Waals surface area contributed by atoms with Crippen molar-refractivity contribution in [3.8, 4) is 5.75 Å². The molecule has 0 radical (unpaired) electrons. The molecule has 36 heavy (non-hydrogen) atoms. The number of methoxy groups -OCH3 is 1. The summed E-state index contributed by atoms with van der Waals surface area (Å²) in [6.45, 7) is 8.10. The van der Waals surface area contributed by atoms with E-state index in [-0.39, 0.29) is 35.7 Å². The first kappa shape index (κ1) is 26.4. The van der Waals surface area contributed by atoms with E-state index in [1.165, 1.54) is 0 Å². The molecule has 0 bridgehead atoms. The normalized spacial score (nSPS) is 29.0. The van der Waals surface area contributed by atoms with Crippen molar-refractivity contribution in [2.75, 3.05) is 13.7 Å². The van der Waals surface area contributed by atoms with Gasteiger partial charge in [-0.25, -0.2) is 0 Å². The van der Waals surface area contributed by atoms with Crippen molar-refractivity contribution in [3.63, 3.8) is 0 Å². The molecule has 2 amide bonds. The van der Waals surface area contributed by atoms with E-state index in [1.807, 2.05) is 38.1 Å². The molecule has 0 aromatic heterocycles. The standard InChI is InChI=1S/C27H40N4O5/c1-6-27(7-2)15-21(32)31(25(28)30-27)19(12-13-35-5)17-14-18(17)24(34)29-22-16-10-8-9-11-20(16)36-26(3,4)23(22)33/h8-11,17-19,22-23,33H,6-7,12-15H2,1-5H3,(H2,28,30)(H,29,34)/t17-,18-,19-,22+,23-/m1/s1. The Morgan fingerprint density at radius 1 is 1.33 bits per heavy atom. The molecule has 1 aromatic carbocycles. The number of fused-ring (bicyclic) bond motifs is 1. The van der Waals surface area contributed by atoms with Gasteiger partial charge in [-0.3, -0.25) is 19.9 Å². The molecule has 2 fully saturated rings. The highest BCUT2D eigenvalue weighted by Gasteiger charge is 2.54. The average molecular weight is 501 g/mol. The summed E-state index contributed by atoms with van der Waals surface area (Å²) < 4.78 is 11.3. The van der Waals surface area contributed by atoms with Crippen LogP contribution in [-0.4, -0.2) is 64.8 Å². The van der Waals surface area contributed by atoms with Gasteiger partial charge in [0.2, 0.25) is 11.8 Å². The number of para-hydroxylation sites is 1. The number of ether oxygens (including phenoxy) is 2. The smallest absolute Gasteiger partial charge is 0.231 e. The van der Waals surface area contributed by atoms with Gasteiger partial charge in [0.1, 0.15) is 17.5 Å². The Morgan fingerprint density at radius 3 is 2.67 bits per heavy atom. The van der Waals surface area contributed by atoms with Gasteiger partial charge in [0.05, 0.1) is 12.5 Å². The van der Waals surface area contributed by atoms with Crippen molar-refractivity contribution in [2.24, 2.45) is 11.8 Å². The van der Waals surface area contributed by atoms with Crippen LogP contribution in [0.4, 0.5) is 0 Å². The molecule has 0 spiro atoms. The fourth-order valence-corrected chi connectivity index (χ4v) is 5.76. The van der Waals surface area contributed by atoms with Crippen molar-refractivity contribution in [2.45, 2.75) is 89.1 Å². The maximum atomic E-state index is 13.4. The number of benzene rings is 1. The van der Waals surface area contributed by atoms with Gasteiger partial charge in [-0.15, -0.1) is 0 Å². The van der Waals surface area contributed by atoms with Crippen LogP contribution >= 0.6 is 0 Å². The number of aliphatic hydroxyl groups is 1. The number of hydrogen-bond donors (Lipinski definition) is 4. The minimum atomic E-state index is -0.921. The van der Waals surface area contributed by atoms with Crippen LogP contribution in [0.1, 0.15) is 71.4 Å². The maximum Gasteiger partial charge on any atom is 0.231 e. The van der Waals surface area contributed by atoms with Crippen LogP contribution < -0.4 is 15.4 Å². The minimum Gasteiger partial charge on any atom is -0.485 e. The molecule has 4 N–H and O–H groups in total. The number of rotatable bonds is 9. The molecule has 3 aliphatic rings. The van der Waals surface area contributed by atoms with E-state index < -0.39 is 23.3 Å². The van der Waals surface area contributed by atoms with E-state index in [9.17, 15) is 14.7 Å². The second-order valence-corrected chi connectivity index (χ2v) is 10.9. The van der Waals surface area contributed by atoms with Gasteiger partial charge in [-0.2, -0.15) is 0 Å². The van der Waals surface area contributed by atoms with E-state index >= 15 is 0 Å². The minimum absolute atomic E-state index is 0.0786. The summed E-state index contributed by atoms with van der Waals surface area (Å²) in [5, 5.41) is 26.0. The Bertz CT molecular complexity index is 988. The van der Waals surface area contributed by atoms with Crippen LogP contribution in [-0.2, 0) is 14.3 Å². The lowest BCUT2D eigenvalue weighted by Crippen LogP contribution is -2.64. The number of guanidine groups is 1. The van der Waals surface area contributed by atoms with Gasteiger partial charge in [0, 0.05) is 36.8 Å². The van der Waals surface area contributed by atoms with Crippen molar-refractivity contribution in [1.82, 2.24) is 15.5 Å². The first-order chi connectivity index (χ1) is 17.1. The Kier molecular flexibility index (Phi) is 7.35. The van der Waals surface area contributed by atoms with Crippen LogP contribution in [0.25, 0.3) is 0 Å². The molecule has 1 aromatic rings. The molecule has 2 heterocycles. The molecule has 4 rings (SSSR count). The van der Waals surface area contributed by atoms with Gasteiger partial charge in [-0.1, -0.05) is 32.0 Å². The van der Waals surface area contributed by atoms with Crippen LogP contribution in [0.15, 0.2) is 24.3 Å². The Balaban J connectivity index is 1.50. The van der Waals surface area contributed by atoms with E-state index in [0.29, 0.717) is 31.6 Å². The Labute approximate surface area is 213 Å². The molecule has 5 atom stereocenters. The molecule has 2 aliphatic heterocycles. The molecule has 9 heteroatoms. The summed E-state index contributed by atoms with van der Waals surface area (Å²) in [7, 11) is 1.61. The number of carbonyl (C=O) groups excluding carboxylic acids is 2. The summed E-state index contributed by atoms with van der Waals surface area (Å²) in [5.74, 6) is 0.142. The molecular formula is C27H40N4O5.